The highest BCUT2D eigenvalue weighted by molar-refractivity contribution is 5.28. The minimum Gasteiger partial charge on any atom is -0.347 e. The number of hydrogen-bond donors (Lipinski definition) is 0. The van der Waals surface area contributed by atoms with Crippen LogP contribution in [0.25, 0.3) is 0 Å². The molecule has 1 unspecified atom stereocenters. The molecule has 4 nitrogen and oxygen atoms in total. The summed E-state index contributed by atoms with van der Waals surface area (Å²) in [5.41, 5.74) is 1.21. The molecule has 1 saturated heterocycles. The molecular weight excluding hydrogens is 236 g/mol. The van der Waals surface area contributed by atoms with Gasteiger partial charge in [-0.15, -0.1) is 0 Å². The molecule has 2 aliphatic rings. The monoisotopic (exact) mass is 260 g/mol. The highest BCUT2D eigenvalue weighted by Gasteiger charge is 2.33. The molecule has 0 spiro atoms. The second kappa shape index (κ2) is 5.45. The topological polar surface area (TPSA) is 32.3 Å². The Morgan fingerprint density at radius 2 is 1.95 bits per heavy atom. The number of aromatic nitrogens is 2. The zero-order chi connectivity index (χ0) is 13.2. The third kappa shape index (κ3) is 2.59. The first kappa shape index (κ1) is 12.9. The van der Waals surface area contributed by atoms with Crippen molar-refractivity contribution >= 4 is 5.95 Å². The van der Waals surface area contributed by atoms with E-state index in [2.05, 4.69) is 16.0 Å². The van der Waals surface area contributed by atoms with Gasteiger partial charge in [0.1, 0.15) is 0 Å². The van der Waals surface area contributed by atoms with Crippen LogP contribution in [0.15, 0.2) is 12.3 Å². The van der Waals surface area contributed by atoms with E-state index in [4.69, 9.17) is 4.98 Å². The molecule has 1 aliphatic heterocycles. The molecule has 104 valence electrons. The van der Waals surface area contributed by atoms with Crippen molar-refractivity contribution < 1.29 is 0 Å². The van der Waals surface area contributed by atoms with Crippen LogP contribution in [0.3, 0.4) is 0 Å². The summed E-state index contributed by atoms with van der Waals surface area (Å²) in [5.74, 6) is 0.829. The molecule has 1 atom stereocenters. The quantitative estimate of drug-likeness (QED) is 0.836. The van der Waals surface area contributed by atoms with Crippen LogP contribution in [0.1, 0.15) is 50.3 Å². The molecule has 4 heteroatoms. The van der Waals surface area contributed by atoms with Crippen LogP contribution in [0.5, 0.6) is 0 Å². The number of hydrogen-bond acceptors (Lipinski definition) is 4. The third-order valence-electron chi connectivity index (χ3n) is 4.49. The highest BCUT2D eigenvalue weighted by atomic mass is 15.2. The molecule has 0 radical (unpaired) electrons. The molecule has 0 N–H and O–H groups in total. The van der Waals surface area contributed by atoms with Gasteiger partial charge in [-0.2, -0.15) is 0 Å². The molecule has 1 aromatic heterocycles. The Hall–Kier alpha value is -1.16. The van der Waals surface area contributed by atoms with Gasteiger partial charge < -0.3 is 4.90 Å². The van der Waals surface area contributed by atoms with Crippen LogP contribution in [-0.4, -0.2) is 41.5 Å². The molecule has 0 bridgehead atoms. The molecule has 1 saturated carbocycles. The summed E-state index contributed by atoms with van der Waals surface area (Å²) in [5, 5.41) is 0. The normalized spacial score (nSPS) is 25.1. The van der Waals surface area contributed by atoms with Gasteiger partial charge in [-0.1, -0.05) is 12.8 Å². The van der Waals surface area contributed by atoms with Gasteiger partial charge in [0.25, 0.3) is 0 Å². The second-order valence-corrected chi connectivity index (χ2v) is 6.01. The standard InChI is InChI=1S/C15H24N4/c1-18(2)15-16-10-9-13(17-15)14-8-5-11-19(14)12-6-3-4-7-12/h9-10,12,14H,3-8,11H2,1-2H3. The molecule has 0 aromatic carbocycles. The Kier molecular flexibility index (Phi) is 3.69. The summed E-state index contributed by atoms with van der Waals surface area (Å²) in [6.07, 6.45) is 10.0. The van der Waals surface area contributed by atoms with Gasteiger partial charge in [0, 0.05) is 26.3 Å². The van der Waals surface area contributed by atoms with E-state index in [-0.39, 0.29) is 0 Å². The van der Waals surface area contributed by atoms with Gasteiger partial charge in [-0.25, -0.2) is 9.97 Å². The van der Waals surface area contributed by atoms with Crippen LogP contribution in [0, 0.1) is 0 Å². The lowest BCUT2D eigenvalue weighted by Gasteiger charge is -2.30. The van der Waals surface area contributed by atoms with Gasteiger partial charge >= 0.3 is 0 Å². The highest BCUT2D eigenvalue weighted by Crippen LogP contribution is 2.37. The maximum atomic E-state index is 4.75. The van der Waals surface area contributed by atoms with Gasteiger partial charge in [-0.05, 0) is 38.3 Å². The van der Waals surface area contributed by atoms with Crippen molar-refractivity contribution in [2.75, 3.05) is 25.5 Å². The van der Waals surface area contributed by atoms with Crippen molar-refractivity contribution in [1.82, 2.24) is 14.9 Å². The molecule has 0 amide bonds. The molecule has 1 aromatic rings. The number of anilines is 1. The van der Waals surface area contributed by atoms with Crippen molar-refractivity contribution in [3.8, 4) is 0 Å². The zero-order valence-corrected chi connectivity index (χ0v) is 12.0. The third-order valence-corrected chi connectivity index (χ3v) is 4.49. The number of rotatable bonds is 3. The van der Waals surface area contributed by atoms with Crippen molar-refractivity contribution in [2.24, 2.45) is 0 Å². The van der Waals surface area contributed by atoms with Gasteiger partial charge in [-0.3, -0.25) is 4.90 Å². The van der Waals surface area contributed by atoms with Crippen molar-refractivity contribution in [1.29, 1.82) is 0 Å². The van der Waals surface area contributed by atoms with E-state index in [0.29, 0.717) is 6.04 Å². The van der Waals surface area contributed by atoms with E-state index in [1.807, 2.05) is 25.2 Å². The van der Waals surface area contributed by atoms with Crippen molar-refractivity contribution in [2.45, 2.75) is 50.6 Å². The Morgan fingerprint density at radius 3 is 2.68 bits per heavy atom. The van der Waals surface area contributed by atoms with Crippen molar-refractivity contribution in [3.63, 3.8) is 0 Å². The fourth-order valence-electron chi connectivity index (χ4n) is 3.54. The Labute approximate surface area is 115 Å². The predicted octanol–water partition coefficient (Wildman–Crippen LogP) is 2.62. The van der Waals surface area contributed by atoms with Gasteiger partial charge in [0.05, 0.1) is 11.7 Å². The number of likely N-dealkylation sites (tertiary alicyclic amines) is 1. The maximum absolute atomic E-state index is 4.75. The Morgan fingerprint density at radius 1 is 1.16 bits per heavy atom. The SMILES string of the molecule is CN(C)c1nccc(C2CCCN2C2CCCC2)n1. The van der Waals surface area contributed by atoms with Gasteiger partial charge in [0.2, 0.25) is 5.95 Å². The van der Waals surface area contributed by atoms with E-state index in [1.54, 1.807) is 0 Å². The van der Waals surface area contributed by atoms with E-state index >= 15 is 0 Å². The van der Waals surface area contributed by atoms with Crippen LogP contribution < -0.4 is 4.90 Å². The molecule has 19 heavy (non-hydrogen) atoms. The summed E-state index contributed by atoms with van der Waals surface area (Å²) in [6, 6.07) is 3.42. The fraction of sp³-hybridized carbons (Fsp3) is 0.733. The van der Waals surface area contributed by atoms with E-state index in [1.165, 1.54) is 50.8 Å². The van der Waals surface area contributed by atoms with Crippen LogP contribution >= 0.6 is 0 Å². The first-order valence-corrected chi connectivity index (χ1v) is 7.52. The van der Waals surface area contributed by atoms with E-state index < -0.39 is 0 Å². The average Bonchev–Trinajstić information content (AvgIpc) is 3.09. The van der Waals surface area contributed by atoms with Crippen LogP contribution in [-0.2, 0) is 0 Å². The number of nitrogens with zero attached hydrogens (tertiary/aromatic N) is 4. The molecular formula is C15H24N4. The zero-order valence-electron chi connectivity index (χ0n) is 12.0. The van der Waals surface area contributed by atoms with Crippen molar-refractivity contribution in [3.05, 3.63) is 18.0 Å². The first-order valence-electron chi connectivity index (χ1n) is 7.52. The first-order chi connectivity index (χ1) is 9.25. The molecule has 1 aliphatic carbocycles. The van der Waals surface area contributed by atoms with Gasteiger partial charge in [0.15, 0.2) is 0 Å². The lowest BCUT2D eigenvalue weighted by atomic mass is 10.1. The average molecular weight is 260 g/mol. The molecule has 2 heterocycles. The summed E-state index contributed by atoms with van der Waals surface area (Å²) in [4.78, 5) is 13.8. The second-order valence-electron chi connectivity index (χ2n) is 6.01. The minimum absolute atomic E-state index is 0.518. The summed E-state index contributed by atoms with van der Waals surface area (Å²) in [7, 11) is 4.00. The summed E-state index contributed by atoms with van der Waals surface area (Å²) < 4.78 is 0. The largest absolute Gasteiger partial charge is 0.347 e. The molecule has 3 rings (SSSR count). The Balaban J connectivity index is 1.81. The van der Waals surface area contributed by atoms with Crippen LogP contribution in [0.4, 0.5) is 5.95 Å². The fourth-order valence-corrected chi connectivity index (χ4v) is 3.54. The van der Waals surface area contributed by atoms with E-state index in [0.717, 1.165) is 12.0 Å². The van der Waals surface area contributed by atoms with Crippen LogP contribution in [0.2, 0.25) is 0 Å². The minimum atomic E-state index is 0.518. The maximum Gasteiger partial charge on any atom is 0.225 e. The predicted molar refractivity (Wildman–Crippen MR) is 77.3 cm³/mol. The lowest BCUT2D eigenvalue weighted by molar-refractivity contribution is 0.180. The summed E-state index contributed by atoms with van der Waals surface area (Å²) in [6.45, 7) is 1.25. The Bertz CT molecular complexity index is 426. The summed E-state index contributed by atoms with van der Waals surface area (Å²) >= 11 is 0. The van der Waals surface area contributed by atoms with E-state index in [9.17, 15) is 0 Å². The molecule has 2 fully saturated rings. The lowest BCUT2D eigenvalue weighted by Crippen LogP contribution is -2.33. The smallest absolute Gasteiger partial charge is 0.225 e.